The Morgan fingerprint density at radius 3 is 2.56 bits per heavy atom. The van der Waals surface area contributed by atoms with E-state index in [0.717, 1.165) is 23.4 Å². The molecule has 0 radical (unpaired) electrons. The zero-order valence-corrected chi connectivity index (χ0v) is 15.6. The summed E-state index contributed by atoms with van der Waals surface area (Å²) < 4.78 is 0. The second-order valence-corrected chi connectivity index (χ2v) is 8.68. The molecule has 0 spiro atoms. The van der Waals surface area contributed by atoms with Gasteiger partial charge in [-0.05, 0) is 42.7 Å². The fraction of sp³-hybridized carbons (Fsp3) is 0.556. The molecule has 2 bridgehead atoms. The van der Waals surface area contributed by atoms with E-state index in [0.29, 0.717) is 5.92 Å². The summed E-state index contributed by atoms with van der Waals surface area (Å²) in [4.78, 5) is 23.1. The van der Waals surface area contributed by atoms with E-state index >= 15 is 0 Å². The molecule has 1 aromatic rings. The molecule has 2 aliphatic carbocycles. The Bertz CT molecular complexity index is 730. The Morgan fingerprint density at radius 2 is 2.04 bits per heavy atom. The highest BCUT2D eigenvalue weighted by Gasteiger charge is 2.59. The Morgan fingerprint density at radius 1 is 1.36 bits per heavy atom. The first-order chi connectivity index (χ1) is 11.7. The monoisotopic (exact) mass is 361 g/mol. The Balaban J connectivity index is 1.54. The van der Waals surface area contributed by atoms with Crippen LogP contribution in [0.4, 0.5) is 5.69 Å². The number of benzene rings is 1. The number of nitrogens with one attached hydrogen (secondary N) is 1. The minimum atomic E-state index is -0.436. The summed E-state index contributed by atoms with van der Waals surface area (Å²) >= 11 is 1.34. The van der Waals surface area contributed by atoms with Gasteiger partial charge in [0, 0.05) is 28.2 Å². The van der Waals surface area contributed by atoms with Crippen molar-refractivity contribution >= 4 is 29.1 Å². The van der Waals surface area contributed by atoms with Gasteiger partial charge in [-0.1, -0.05) is 20.8 Å². The number of carbonyl (C=O) groups is 1. The molecule has 2 atom stereocenters. The molecule has 7 heteroatoms. The van der Waals surface area contributed by atoms with Gasteiger partial charge in [0.05, 0.1) is 10.7 Å². The van der Waals surface area contributed by atoms with Gasteiger partial charge in [0.1, 0.15) is 0 Å². The van der Waals surface area contributed by atoms with Crippen LogP contribution in [0.1, 0.15) is 40.0 Å². The van der Waals surface area contributed by atoms with Crippen molar-refractivity contribution in [1.82, 2.24) is 5.43 Å². The molecule has 0 aliphatic heterocycles. The van der Waals surface area contributed by atoms with Gasteiger partial charge in [-0.25, -0.2) is 5.43 Å². The number of hydrogen-bond donors (Lipinski definition) is 1. The van der Waals surface area contributed by atoms with Gasteiger partial charge in [0.25, 0.3) is 5.69 Å². The quantitative estimate of drug-likeness (QED) is 0.488. The van der Waals surface area contributed by atoms with Crippen LogP contribution < -0.4 is 5.43 Å². The normalized spacial score (nSPS) is 28.3. The molecule has 1 aromatic carbocycles. The standard InChI is InChI=1S/C18H23N3O3S/c1-17(2)12-8-9-18(17,3)15(10-12)19-20-16(22)11-25-14-6-4-13(5-7-14)21(23)24/h4-7,12H,8-11H2,1-3H3,(H,20,22)/b19-15+/t12-,18-/m0/s1. The average molecular weight is 361 g/mol. The summed E-state index contributed by atoms with van der Waals surface area (Å²) in [7, 11) is 0. The van der Waals surface area contributed by atoms with Crippen molar-refractivity contribution in [2.75, 3.05) is 5.75 Å². The Labute approximate surface area is 151 Å². The van der Waals surface area contributed by atoms with Gasteiger partial charge in [-0.3, -0.25) is 14.9 Å². The molecule has 0 unspecified atom stereocenters. The fourth-order valence-corrected chi connectivity index (χ4v) is 4.76. The van der Waals surface area contributed by atoms with Crippen LogP contribution in [0.25, 0.3) is 0 Å². The molecule has 0 saturated heterocycles. The Hall–Kier alpha value is -1.89. The van der Waals surface area contributed by atoms with E-state index in [-0.39, 0.29) is 28.2 Å². The van der Waals surface area contributed by atoms with Gasteiger partial charge in [-0.2, -0.15) is 5.10 Å². The number of rotatable bonds is 5. The molecule has 0 heterocycles. The molecular weight excluding hydrogens is 338 g/mol. The second kappa shape index (κ2) is 6.44. The minimum absolute atomic E-state index is 0.0485. The third-order valence-electron chi connectivity index (χ3n) is 6.25. The lowest BCUT2D eigenvalue weighted by Crippen LogP contribution is -2.34. The number of amides is 1. The number of non-ortho nitro benzene ring substituents is 1. The van der Waals surface area contributed by atoms with Crippen LogP contribution in [0.15, 0.2) is 34.3 Å². The number of nitro groups is 1. The summed E-state index contributed by atoms with van der Waals surface area (Å²) in [6, 6.07) is 6.19. The maximum Gasteiger partial charge on any atom is 0.269 e. The highest BCUT2D eigenvalue weighted by Crippen LogP contribution is 2.63. The first kappa shape index (κ1) is 17.9. The van der Waals surface area contributed by atoms with Crippen LogP contribution in [-0.4, -0.2) is 22.3 Å². The maximum atomic E-state index is 12.1. The molecule has 1 N–H and O–H groups in total. The Kier molecular flexibility index (Phi) is 4.62. The van der Waals surface area contributed by atoms with Crippen molar-refractivity contribution in [2.24, 2.45) is 21.8 Å². The SMILES string of the molecule is CC1(C)[C@H]2CC[C@@]1(C)/C(=N/NC(=O)CSc1ccc([N+](=O)[O-])cc1)C2. The summed E-state index contributed by atoms with van der Waals surface area (Å²) in [6.07, 6.45) is 3.35. The number of nitrogens with zero attached hydrogens (tertiary/aromatic N) is 2. The highest BCUT2D eigenvalue weighted by molar-refractivity contribution is 8.00. The first-order valence-corrected chi connectivity index (χ1v) is 9.46. The zero-order chi connectivity index (χ0) is 18.2. The number of thioether (sulfide) groups is 1. The van der Waals surface area contributed by atoms with Gasteiger partial charge >= 0.3 is 0 Å². The van der Waals surface area contributed by atoms with E-state index in [1.807, 2.05) is 0 Å². The van der Waals surface area contributed by atoms with Crippen LogP contribution in [0, 0.1) is 26.9 Å². The lowest BCUT2D eigenvalue weighted by atomic mass is 9.70. The molecule has 2 fully saturated rings. The van der Waals surface area contributed by atoms with Crippen molar-refractivity contribution in [3.05, 3.63) is 34.4 Å². The van der Waals surface area contributed by atoms with Gasteiger partial charge < -0.3 is 0 Å². The minimum Gasteiger partial charge on any atom is -0.272 e. The molecule has 6 nitrogen and oxygen atoms in total. The summed E-state index contributed by atoms with van der Waals surface area (Å²) in [6.45, 7) is 6.87. The van der Waals surface area contributed by atoms with Gasteiger partial charge in [-0.15, -0.1) is 11.8 Å². The molecule has 2 aliphatic rings. The second-order valence-electron chi connectivity index (χ2n) is 7.63. The number of fused-ring (bicyclic) bond motifs is 2. The number of nitro benzene ring substituents is 1. The highest BCUT2D eigenvalue weighted by atomic mass is 32.2. The van der Waals surface area contributed by atoms with Crippen LogP contribution in [0.2, 0.25) is 0 Å². The average Bonchev–Trinajstić information content (AvgIpc) is 2.91. The molecule has 25 heavy (non-hydrogen) atoms. The van der Waals surface area contributed by atoms with Crippen LogP contribution in [0.3, 0.4) is 0 Å². The smallest absolute Gasteiger partial charge is 0.269 e. The van der Waals surface area contributed by atoms with Crippen molar-refractivity contribution in [1.29, 1.82) is 0 Å². The molecular formula is C18H23N3O3S. The van der Waals surface area contributed by atoms with Crippen LogP contribution in [-0.2, 0) is 4.79 Å². The van der Waals surface area contributed by atoms with Gasteiger partial charge in [0.2, 0.25) is 5.91 Å². The molecule has 1 amide bonds. The van der Waals surface area contributed by atoms with Crippen molar-refractivity contribution < 1.29 is 9.72 Å². The molecule has 134 valence electrons. The third kappa shape index (κ3) is 3.17. The van der Waals surface area contributed by atoms with Gasteiger partial charge in [0.15, 0.2) is 0 Å². The lowest BCUT2D eigenvalue weighted by molar-refractivity contribution is -0.384. The van der Waals surface area contributed by atoms with E-state index in [1.54, 1.807) is 12.1 Å². The van der Waals surface area contributed by atoms with E-state index < -0.39 is 4.92 Å². The summed E-state index contributed by atoms with van der Waals surface area (Å²) in [5.41, 5.74) is 4.17. The predicted octanol–water partition coefficient (Wildman–Crippen LogP) is 4.01. The first-order valence-electron chi connectivity index (χ1n) is 8.47. The lowest BCUT2D eigenvalue weighted by Gasteiger charge is -2.34. The molecule has 2 saturated carbocycles. The van der Waals surface area contributed by atoms with Crippen molar-refractivity contribution in [3.8, 4) is 0 Å². The maximum absolute atomic E-state index is 12.1. The van der Waals surface area contributed by atoms with E-state index in [9.17, 15) is 14.9 Å². The number of hydrazone groups is 1. The third-order valence-corrected chi connectivity index (χ3v) is 7.26. The van der Waals surface area contributed by atoms with Crippen molar-refractivity contribution in [3.63, 3.8) is 0 Å². The summed E-state index contributed by atoms with van der Waals surface area (Å²) in [5, 5.41) is 15.1. The number of hydrogen-bond acceptors (Lipinski definition) is 5. The predicted molar refractivity (Wildman–Crippen MR) is 98.6 cm³/mol. The van der Waals surface area contributed by atoms with E-state index in [2.05, 4.69) is 31.3 Å². The zero-order valence-electron chi connectivity index (χ0n) is 14.7. The molecule has 0 aromatic heterocycles. The summed E-state index contributed by atoms with van der Waals surface area (Å²) in [5.74, 6) is 0.737. The fourth-order valence-electron chi connectivity index (χ4n) is 4.07. The van der Waals surface area contributed by atoms with Crippen LogP contribution in [0.5, 0.6) is 0 Å². The topological polar surface area (TPSA) is 84.6 Å². The van der Waals surface area contributed by atoms with Crippen LogP contribution >= 0.6 is 11.8 Å². The van der Waals surface area contributed by atoms with E-state index in [4.69, 9.17) is 0 Å². The van der Waals surface area contributed by atoms with E-state index in [1.165, 1.54) is 30.3 Å². The largest absolute Gasteiger partial charge is 0.272 e. The number of carbonyl (C=O) groups excluding carboxylic acids is 1. The van der Waals surface area contributed by atoms with Crippen molar-refractivity contribution in [2.45, 2.75) is 44.9 Å². The molecule has 3 rings (SSSR count).